The molecule has 1 aromatic rings. The van der Waals surface area contributed by atoms with Gasteiger partial charge in [-0.25, -0.2) is 10.2 Å². The Morgan fingerprint density at radius 3 is 2.88 bits per heavy atom. The third kappa shape index (κ3) is 4.35. The smallest absolute Gasteiger partial charge is 0.332 e. The van der Waals surface area contributed by atoms with Crippen molar-refractivity contribution in [3.63, 3.8) is 0 Å². The van der Waals surface area contributed by atoms with Crippen LogP contribution in [0.15, 0.2) is 26.2 Å². The molecule has 17 heavy (non-hydrogen) atoms. The summed E-state index contributed by atoms with van der Waals surface area (Å²) in [6.45, 7) is 2.42. The number of nitrogens with zero attached hydrogens (tertiary/aromatic N) is 1. The van der Waals surface area contributed by atoms with Gasteiger partial charge in [0.25, 0.3) is 0 Å². The molecule has 1 aromatic carbocycles. The number of hydrazone groups is 1. The summed E-state index contributed by atoms with van der Waals surface area (Å²) in [6, 6.07) is 2.97. The minimum Gasteiger partial charge on any atom is -0.492 e. The van der Waals surface area contributed by atoms with Crippen LogP contribution in [0.1, 0.15) is 12.5 Å². The number of hydrogen-bond acceptors (Lipinski definition) is 3. The highest BCUT2D eigenvalue weighted by atomic mass is 79.9. The van der Waals surface area contributed by atoms with Crippen molar-refractivity contribution in [3.05, 3.63) is 26.6 Å². The normalized spacial score (nSPS) is 10.5. The molecule has 7 heteroatoms. The molecule has 0 fully saturated rings. The number of halogens is 2. The average molecular weight is 365 g/mol. The van der Waals surface area contributed by atoms with Crippen molar-refractivity contribution in [3.8, 4) is 5.75 Å². The van der Waals surface area contributed by atoms with Gasteiger partial charge in [0.1, 0.15) is 5.75 Å². The van der Waals surface area contributed by atoms with Gasteiger partial charge < -0.3 is 10.5 Å². The molecule has 1 rings (SSSR count). The van der Waals surface area contributed by atoms with Crippen molar-refractivity contribution in [2.45, 2.75) is 6.92 Å². The first-order chi connectivity index (χ1) is 8.04. The van der Waals surface area contributed by atoms with Crippen molar-refractivity contribution in [2.24, 2.45) is 10.8 Å². The van der Waals surface area contributed by atoms with Crippen LogP contribution in [0, 0.1) is 0 Å². The van der Waals surface area contributed by atoms with Crippen molar-refractivity contribution in [1.82, 2.24) is 5.43 Å². The molecule has 0 aliphatic carbocycles. The number of benzene rings is 1. The van der Waals surface area contributed by atoms with Crippen molar-refractivity contribution in [1.29, 1.82) is 0 Å². The van der Waals surface area contributed by atoms with Gasteiger partial charge in [-0.2, -0.15) is 5.10 Å². The Hall–Kier alpha value is -1.08. The largest absolute Gasteiger partial charge is 0.492 e. The SMILES string of the molecule is CCOc1c(Br)cc(Br)cc1C=NNC(N)=O. The average Bonchev–Trinajstić information content (AvgIpc) is 2.22. The maximum absolute atomic E-state index is 10.5. The summed E-state index contributed by atoms with van der Waals surface area (Å²) >= 11 is 6.75. The van der Waals surface area contributed by atoms with Crippen LogP contribution >= 0.6 is 31.9 Å². The molecule has 0 aromatic heterocycles. The Morgan fingerprint density at radius 2 is 2.29 bits per heavy atom. The summed E-state index contributed by atoms with van der Waals surface area (Å²) < 4.78 is 7.15. The number of amides is 2. The molecule has 3 N–H and O–H groups in total. The molecule has 0 unspecified atom stereocenters. The zero-order chi connectivity index (χ0) is 12.8. The van der Waals surface area contributed by atoms with Gasteiger partial charge in [-0.1, -0.05) is 15.9 Å². The Labute approximate surface area is 116 Å². The highest BCUT2D eigenvalue weighted by Crippen LogP contribution is 2.31. The quantitative estimate of drug-likeness (QED) is 0.636. The van der Waals surface area contributed by atoms with Gasteiger partial charge in [-0.3, -0.25) is 0 Å². The molecular weight excluding hydrogens is 354 g/mol. The molecule has 0 spiro atoms. The lowest BCUT2D eigenvalue weighted by molar-refractivity contribution is 0.249. The summed E-state index contributed by atoms with van der Waals surface area (Å²) in [5.74, 6) is 0.658. The standard InChI is InChI=1S/C10H11Br2N3O2/c1-2-17-9-6(5-14-15-10(13)16)3-7(11)4-8(9)12/h3-5H,2H2,1H3,(H3,13,15,16). The lowest BCUT2D eigenvalue weighted by Gasteiger charge is -2.09. The Kier molecular flexibility index (Phi) is 5.43. The minimum absolute atomic E-state index is 0.532. The van der Waals surface area contributed by atoms with E-state index < -0.39 is 6.03 Å². The maximum Gasteiger partial charge on any atom is 0.332 e. The number of hydrogen-bond donors (Lipinski definition) is 2. The summed E-state index contributed by atoms with van der Waals surface area (Å²) in [4.78, 5) is 10.5. The van der Waals surface area contributed by atoms with Crippen LogP contribution in [0.2, 0.25) is 0 Å². The van der Waals surface area contributed by atoms with E-state index in [1.54, 1.807) is 0 Å². The number of carbonyl (C=O) groups is 1. The van der Waals surface area contributed by atoms with Gasteiger partial charge in [0, 0.05) is 10.0 Å². The molecule has 2 amide bonds. The molecule has 0 bridgehead atoms. The molecule has 0 aliphatic rings. The van der Waals surface area contributed by atoms with E-state index in [1.807, 2.05) is 19.1 Å². The van der Waals surface area contributed by atoms with Gasteiger partial charge in [0.2, 0.25) is 0 Å². The van der Waals surface area contributed by atoms with Gasteiger partial charge >= 0.3 is 6.03 Å². The number of primary amides is 1. The molecule has 0 heterocycles. The molecule has 0 saturated heterocycles. The van der Waals surface area contributed by atoms with E-state index in [9.17, 15) is 4.79 Å². The minimum atomic E-state index is -0.715. The summed E-state index contributed by atoms with van der Waals surface area (Å²) in [5, 5.41) is 3.70. The maximum atomic E-state index is 10.5. The van der Waals surface area contributed by atoms with E-state index in [2.05, 4.69) is 42.4 Å². The first-order valence-corrected chi connectivity index (χ1v) is 6.33. The molecule has 92 valence electrons. The van der Waals surface area contributed by atoms with E-state index in [1.165, 1.54) is 6.21 Å². The van der Waals surface area contributed by atoms with Gasteiger partial charge in [-0.15, -0.1) is 0 Å². The predicted molar refractivity (Wildman–Crippen MR) is 73.3 cm³/mol. The van der Waals surface area contributed by atoms with Crippen molar-refractivity contribution >= 4 is 44.1 Å². The van der Waals surface area contributed by atoms with E-state index in [4.69, 9.17) is 10.5 Å². The monoisotopic (exact) mass is 363 g/mol. The molecule has 0 saturated carbocycles. The highest BCUT2D eigenvalue weighted by molar-refractivity contribution is 9.11. The van der Waals surface area contributed by atoms with Crippen LogP contribution < -0.4 is 15.9 Å². The van der Waals surface area contributed by atoms with E-state index in [0.717, 1.165) is 14.5 Å². The van der Waals surface area contributed by atoms with Crippen LogP contribution in [0.25, 0.3) is 0 Å². The van der Waals surface area contributed by atoms with Crippen LogP contribution in [-0.4, -0.2) is 18.9 Å². The van der Waals surface area contributed by atoms with Crippen LogP contribution in [0.4, 0.5) is 4.79 Å². The highest BCUT2D eigenvalue weighted by Gasteiger charge is 2.08. The van der Waals surface area contributed by atoms with Gasteiger partial charge in [-0.05, 0) is 35.0 Å². The third-order valence-electron chi connectivity index (χ3n) is 1.70. The number of urea groups is 1. The Bertz CT molecular complexity index is 449. The third-order valence-corrected chi connectivity index (χ3v) is 2.75. The number of carbonyl (C=O) groups excluding carboxylic acids is 1. The first-order valence-electron chi connectivity index (χ1n) is 4.75. The Morgan fingerprint density at radius 1 is 1.59 bits per heavy atom. The number of nitrogens with one attached hydrogen (secondary N) is 1. The second kappa shape index (κ2) is 6.61. The van der Waals surface area contributed by atoms with Gasteiger partial charge in [0.15, 0.2) is 0 Å². The van der Waals surface area contributed by atoms with E-state index in [0.29, 0.717) is 12.4 Å². The summed E-state index contributed by atoms with van der Waals surface area (Å²) in [7, 11) is 0. The number of rotatable bonds is 4. The predicted octanol–water partition coefficient (Wildman–Crippen LogP) is 2.61. The van der Waals surface area contributed by atoms with Crippen LogP contribution in [0.5, 0.6) is 5.75 Å². The fourth-order valence-electron chi connectivity index (χ4n) is 1.14. The summed E-state index contributed by atoms with van der Waals surface area (Å²) in [5.41, 5.74) is 7.75. The molecule has 5 nitrogen and oxygen atoms in total. The summed E-state index contributed by atoms with van der Waals surface area (Å²) in [6.07, 6.45) is 1.46. The van der Waals surface area contributed by atoms with Gasteiger partial charge in [0.05, 0.1) is 17.3 Å². The van der Waals surface area contributed by atoms with Crippen molar-refractivity contribution in [2.75, 3.05) is 6.61 Å². The first kappa shape index (κ1) is 14.0. The van der Waals surface area contributed by atoms with Crippen molar-refractivity contribution < 1.29 is 9.53 Å². The van der Waals surface area contributed by atoms with Crippen LogP contribution in [-0.2, 0) is 0 Å². The van der Waals surface area contributed by atoms with E-state index >= 15 is 0 Å². The topological polar surface area (TPSA) is 76.7 Å². The zero-order valence-electron chi connectivity index (χ0n) is 9.04. The number of nitrogens with two attached hydrogens (primary N) is 1. The Balaban J connectivity index is 3.02. The second-order valence-electron chi connectivity index (χ2n) is 2.97. The molecule has 0 aliphatic heterocycles. The lowest BCUT2D eigenvalue weighted by atomic mass is 10.2. The van der Waals surface area contributed by atoms with Crippen LogP contribution in [0.3, 0.4) is 0 Å². The fourth-order valence-corrected chi connectivity index (χ4v) is 2.51. The zero-order valence-corrected chi connectivity index (χ0v) is 12.2. The molecular formula is C10H11Br2N3O2. The second-order valence-corrected chi connectivity index (χ2v) is 4.74. The molecule has 0 radical (unpaired) electrons. The molecule has 0 atom stereocenters. The number of ether oxygens (including phenoxy) is 1. The fraction of sp³-hybridized carbons (Fsp3) is 0.200. The lowest BCUT2D eigenvalue weighted by Crippen LogP contribution is -2.24. The van der Waals surface area contributed by atoms with E-state index in [-0.39, 0.29) is 0 Å².